The fraction of sp³-hybridized carbons (Fsp3) is 0.778. The fourth-order valence-electron chi connectivity index (χ4n) is 4.25. The van der Waals surface area contributed by atoms with E-state index in [1.807, 2.05) is 18.7 Å². The summed E-state index contributed by atoms with van der Waals surface area (Å²) in [6, 6.07) is 0.726. The molecule has 23 heavy (non-hydrogen) atoms. The number of carbonyl (C=O) groups is 1. The van der Waals surface area contributed by atoms with E-state index in [1.165, 1.54) is 25.8 Å². The Hall–Kier alpha value is -1.36. The number of hydrogen-bond acceptors (Lipinski definition) is 4. The van der Waals surface area contributed by atoms with E-state index in [-0.39, 0.29) is 5.91 Å². The average molecular weight is 319 g/mol. The van der Waals surface area contributed by atoms with Crippen molar-refractivity contribution in [2.45, 2.75) is 58.4 Å². The molecule has 1 aromatic heterocycles. The molecular formula is C18H29N3O2. The van der Waals surface area contributed by atoms with Crippen LogP contribution in [0.3, 0.4) is 0 Å². The van der Waals surface area contributed by atoms with Crippen LogP contribution in [0.1, 0.15) is 49.1 Å². The van der Waals surface area contributed by atoms with Crippen LogP contribution < -0.4 is 0 Å². The third kappa shape index (κ3) is 3.60. The monoisotopic (exact) mass is 319 g/mol. The van der Waals surface area contributed by atoms with Crippen molar-refractivity contribution >= 4 is 5.91 Å². The van der Waals surface area contributed by atoms with Crippen molar-refractivity contribution in [1.82, 2.24) is 15.0 Å². The maximum atomic E-state index is 12.6. The van der Waals surface area contributed by atoms with Crippen molar-refractivity contribution in [2.75, 3.05) is 26.7 Å². The Morgan fingerprint density at radius 3 is 2.52 bits per heavy atom. The van der Waals surface area contributed by atoms with E-state index in [0.29, 0.717) is 6.42 Å². The predicted molar refractivity (Wildman–Crippen MR) is 89.3 cm³/mol. The van der Waals surface area contributed by atoms with E-state index >= 15 is 0 Å². The summed E-state index contributed by atoms with van der Waals surface area (Å²) < 4.78 is 5.17. The van der Waals surface area contributed by atoms with Gasteiger partial charge < -0.3 is 14.3 Å². The molecule has 2 saturated heterocycles. The van der Waals surface area contributed by atoms with Gasteiger partial charge in [0.05, 0.1) is 12.1 Å². The van der Waals surface area contributed by atoms with Crippen LogP contribution in [-0.4, -0.2) is 53.6 Å². The topological polar surface area (TPSA) is 49.6 Å². The number of amides is 1. The van der Waals surface area contributed by atoms with Gasteiger partial charge in [-0.3, -0.25) is 4.79 Å². The van der Waals surface area contributed by atoms with Crippen LogP contribution in [0.15, 0.2) is 4.52 Å². The molecule has 5 heteroatoms. The van der Waals surface area contributed by atoms with Crippen LogP contribution in [0.5, 0.6) is 0 Å². The lowest BCUT2D eigenvalue weighted by atomic mass is 9.84. The first-order chi connectivity index (χ1) is 11.1. The van der Waals surface area contributed by atoms with Crippen molar-refractivity contribution in [2.24, 2.45) is 5.92 Å². The van der Waals surface area contributed by atoms with Gasteiger partial charge in [-0.1, -0.05) is 11.6 Å². The summed E-state index contributed by atoms with van der Waals surface area (Å²) in [5.74, 6) is 1.74. The van der Waals surface area contributed by atoms with Crippen LogP contribution in [0, 0.1) is 19.8 Å². The van der Waals surface area contributed by atoms with Gasteiger partial charge in [0.1, 0.15) is 5.76 Å². The molecular weight excluding hydrogens is 290 g/mol. The van der Waals surface area contributed by atoms with Crippen LogP contribution >= 0.6 is 0 Å². The minimum absolute atomic E-state index is 0.217. The normalized spacial score (nSPS) is 24.1. The lowest BCUT2D eigenvalue weighted by Gasteiger charge is -2.42. The molecule has 0 spiro atoms. The van der Waals surface area contributed by atoms with Gasteiger partial charge in [0, 0.05) is 24.7 Å². The zero-order valence-electron chi connectivity index (χ0n) is 14.7. The molecule has 0 radical (unpaired) electrons. The average Bonchev–Trinajstić information content (AvgIpc) is 2.87. The Kier molecular flexibility index (Phi) is 5.05. The summed E-state index contributed by atoms with van der Waals surface area (Å²) >= 11 is 0. The fourth-order valence-corrected chi connectivity index (χ4v) is 4.25. The Bertz CT molecular complexity index is 527. The number of rotatable bonds is 3. The molecule has 0 aliphatic carbocycles. The van der Waals surface area contributed by atoms with Crippen LogP contribution in [0.2, 0.25) is 0 Å². The number of likely N-dealkylation sites (tertiary alicyclic amines) is 2. The van der Waals surface area contributed by atoms with Crippen molar-refractivity contribution < 1.29 is 9.32 Å². The summed E-state index contributed by atoms with van der Waals surface area (Å²) in [7, 11) is 2.26. The molecule has 5 nitrogen and oxygen atoms in total. The van der Waals surface area contributed by atoms with Gasteiger partial charge in [0.2, 0.25) is 5.91 Å². The minimum atomic E-state index is 0.217. The van der Waals surface area contributed by atoms with Gasteiger partial charge in [0.25, 0.3) is 0 Å². The smallest absolute Gasteiger partial charge is 0.227 e. The number of piperidine rings is 2. The lowest BCUT2D eigenvalue weighted by molar-refractivity contribution is -0.132. The predicted octanol–water partition coefficient (Wildman–Crippen LogP) is 2.56. The minimum Gasteiger partial charge on any atom is -0.361 e. The first-order valence-electron chi connectivity index (χ1n) is 8.96. The van der Waals surface area contributed by atoms with Gasteiger partial charge >= 0.3 is 0 Å². The second kappa shape index (κ2) is 7.04. The van der Waals surface area contributed by atoms with Gasteiger partial charge in [-0.2, -0.15) is 0 Å². The molecule has 0 N–H and O–H groups in total. The number of hydrogen-bond donors (Lipinski definition) is 0. The molecule has 1 atom stereocenters. The molecule has 1 aromatic rings. The highest BCUT2D eigenvalue weighted by Crippen LogP contribution is 2.29. The van der Waals surface area contributed by atoms with Crippen LogP contribution in [0.4, 0.5) is 0 Å². The lowest BCUT2D eigenvalue weighted by Crippen LogP contribution is -2.47. The standard InChI is InChI=1S/C18H29N3O2/c1-13-16(14(2)23-19-13)12-18(22)21-10-7-15(8-11-21)17-6-4-5-9-20(17)3/h15,17H,4-12H2,1-3H3/t17-/m1/s1. The van der Waals surface area contributed by atoms with E-state index in [1.54, 1.807) is 0 Å². The van der Waals surface area contributed by atoms with Crippen LogP contribution in [-0.2, 0) is 11.2 Å². The summed E-state index contributed by atoms with van der Waals surface area (Å²) in [6.45, 7) is 6.82. The van der Waals surface area contributed by atoms with Gasteiger partial charge in [0.15, 0.2) is 0 Å². The number of carbonyl (C=O) groups excluding carboxylic acids is 1. The Balaban J connectivity index is 1.53. The second-order valence-corrected chi connectivity index (χ2v) is 7.24. The summed E-state index contributed by atoms with van der Waals surface area (Å²) in [6.07, 6.45) is 6.73. The molecule has 2 fully saturated rings. The zero-order valence-corrected chi connectivity index (χ0v) is 14.7. The molecule has 0 bridgehead atoms. The maximum Gasteiger partial charge on any atom is 0.227 e. The van der Waals surface area contributed by atoms with Crippen molar-refractivity contribution in [1.29, 1.82) is 0 Å². The Morgan fingerprint density at radius 1 is 1.17 bits per heavy atom. The zero-order chi connectivity index (χ0) is 16.4. The number of aromatic nitrogens is 1. The molecule has 0 aromatic carbocycles. The first kappa shape index (κ1) is 16.5. The third-order valence-corrected chi connectivity index (χ3v) is 5.77. The summed E-state index contributed by atoms with van der Waals surface area (Å²) in [4.78, 5) is 17.1. The highest BCUT2D eigenvalue weighted by molar-refractivity contribution is 5.79. The number of nitrogens with zero attached hydrogens (tertiary/aromatic N) is 3. The van der Waals surface area contributed by atoms with Crippen LogP contribution in [0.25, 0.3) is 0 Å². The SMILES string of the molecule is Cc1noc(C)c1CC(=O)N1CCC([C@H]2CCCCN2C)CC1. The van der Waals surface area contributed by atoms with Gasteiger partial charge in [-0.05, 0) is 59.0 Å². The molecule has 0 saturated carbocycles. The molecule has 2 aliphatic heterocycles. The van der Waals surface area contributed by atoms with E-state index in [0.717, 1.165) is 54.9 Å². The van der Waals surface area contributed by atoms with Gasteiger partial charge in [-0.25, -0.2) is 0 Å². The molecule has 3 rings (SSSR count). The highest BCUT2D eigenvalue weighted by atomic mass is 16.5. The molecule has 2 aliphatic rings. The molecule has 0 unspecified atom stereocenters. The highest BCUT2D eigenvalue weighted by Gasteiger charge is 2.32. The van der Waals surface area contributed by atoms with Crippen molar-refractivity contribution in [3.05, 3.63) is 17.0 Å². The van der Waals surface area contributed by atoms with E-state index in [9.17, 15) is 4.79 Å². The van der Waals surface area contributed by atoms with E-state index in [2.05, 4.69) is 17.1 Å². The third-order valence-electron chi connectivity index (χ3n) is 5.77. The summed E-state index contributed by atoms with van der Waals surface area (Å²) in [5.41, 5.74) is 1.80. The first-order valence-corrected chi connectivity index (χ1v) is 8.96. The Labute approximate surface area is 139 Å². The molecule has 3 heterocycles. The number of aryl methyl sites for hydroxylation is 2. The summed E-state index contributed by atoms with van der Waals surface area (Å²) in [5, 5.41) is 3.94. The van der Waals surface area contributed by atoms with E-state index < -0.39 is 0 Å². The Morgan fingerprint density at radius 2 is 1.91 bits per heavy atom. The van der Waals surface area contributed by atoms with Crippen molar-refractivity contribution in [3.63, 3.8) is 0 Å². The molecule has 1 amide bonds. The second-order valence-electron chi connectivity index (χ2n) is 7.24. The van der Waals surface area contributed by atoms with Crippen molar-refractivity contribution in [3.8, 4) is 0 Å². The van der Waals surface area contributed by atoms with Gasteiger partial charge in [-0.15, -0.1) is 0 Å². The largest absolute Gasteiger partial charge is 0.361 e. The molecule has 128 valence electrons. The van der Waals surface area contributed by atoms with E-state index in [4.69, 9.17) is 4.52 Å². The quantitative estimate of drug-likeness (QED) is 0.859. The maximum absolute atomic E-state index is 12.6.